The molecule has 1 aliphatic rings. The third-order valence-electron chi connectivity index (χ3n) is 2.74. The van der Waals surface area contributed by atoms with Crippen molar-refractivity contribution in [2.24, 2.45) is 5.92 Å². The zero-order valence-electron chi connectivity index (χ0n) is 8.98. The summed E-state index contributed by atoms with van der Waals surface area (Å²) in [5.74, 6) is 0.611. The fourth-order valence-corrected chi connectivity index (χ4v) is 1.86. The maximum Gasteiger partial charge on any atom is 0.162 e. The second-order valence-corrected chi connectivity index (χ2v) is 4.09. The molecule has 2 rings (SSSR count). The van der Waals surface area contributed by atoms with Crippen LogP contribution in [0.4, 0.5) is 0 Å². The van der Waals surface area contributed by atoms with Gasteiger partial charge in [-0.3, -0.25) is 9.48 Å². The molecule has 4 nitrogen and oxygen atoms in total. The monoisotopic (exact) mass is 208 g/mol. The van der Waals surface area contributed by atoms with E-state index in [1.165, 1.54) is 6.42 Å². The summed E-state index contributed by atoms with van der Waals surface area (Å²) in [5.41, 5.74) is 0.687. The summed E-state index contributed by atoms with van der Waals surface area (Å²) in [5, 5.41) is 4.17. The molecule has 0 aliphatic carbocycles. The minimum atomic E-state index is 0.0705. The standard InChI is InChI=1S/C11H16N2O2/c1-9(14)11-5-12-13(7-11)6-10-3-2-4-15-8-10/h5,7,10H,2-4,6,8H2,1H3. The predicted octanol–water partition coefficient (Wildman–Crippen LogP) is 1.51. The van der Waals surface area contributed by atoms with E-state index in [2.05, 4.69) is 5.10 Å². The first kappa shape index (κ1) is 10.4. The second-order valence-electron chi connectivity index (χ2n) is 4.09. The number of ketones is 1. The van der Waals surface area contributed by atoms with Gasteiger partial charge < -0.3 is 4.74 Å². The van der Waals surface area contributed by atoms with Crippen LogP contribution in [0.25, 0.3) is 0 Å². The Morgan fingerprint density at radius 2 is 2.60 bits per heavy atom. The normalized spacial score (nSPS) is 21.5. The molecular formula is C11H16N2O2. The van der Waals surface area contributed by atoms with E-state index in [9.17, 15) is 4.79 Å². The molecule has 0 bridgehead atoms. The third-order valence-corrected chi connectivity index (χ3v) is 2.74. The van der Waals surface area contributed by atoms with E-state index in [-0.39, 0.29) is 5.78 Å². The Hall–Kier alpha value is -1.16. The van der Waals surface area contributed by atoms with Gasteiger partial charge in [0.25, 0.3) is 0 Å². The van der Waals surface area contributed by atoms with Crippen LogP contribution in [0, 0.1) is 5.92 Å². The van der Waals surface area contributed by atoms with Gasteiger partial charge in [0, 0.05) is 25.3 Å². The molecule has 2 heterocycles. The number of Topliss-reactive ketones (excluding diaryl/α,β-unsaturated/α-hetero) is 1. The minimum Gasteiger partial charge on any atom is -0.381 e. The summed E-state index contributed by atoms with van der Waals surface area (Å²) < 4.78 is 7.24. The van der Waals surface area contributed by atoms with Crippen LogP contribution >= 0.6 is 0 Å². The van der Waals surface area contributed by atoms with Crippen LogP contribution in [0.2, 0.25) is 0 Å². The van der Waals surface area contributed by atoms with E-state index < -0.39 is 0 Å². The van der Waals surface area contributed by atoms with Gasteiger partial charge in [0.2, 0.25) is 0 Å². The summed E-state index contributed by atoms with van der Waals surface area (Å²) >= 11 is 0. The summed E-state index contributed by atoms with van der Waals surface area (Å²) in [6.07, 6.45) is 5.77. The fraction of sp³-hybridized carbons (Fsp3) is 0.636. The number of hydrogen-bond acceptors (Lipinski definition) is 3. The molecule has 1 aromatic rings. The van der Waals surface area contributed by atoms with E-state index in [4.69, 9.17) is 4.74 Å². The van der Waals surface area contributed by atoms with Crippen molar-refractivity contribution in [1.29, 1.82) is 0 Å². The smallest absolute Gasteiger partial charge is 0.162 e. The SMILES string of the molecule is CC(=O)c1cnn(CC2CCCOC2)c1. The number of nitrogens with zero attached hydrogens (tertiary/aromatic N) is 2. The van der Waals surface area contributed by atoms with Crippen molar-refractivity contribution in [1.82, 2.24) is 9.78 Å². The zero-order valence-corrected chi connectivity index (χ0v) is 8.98. The van der Waals surface area contributed by atoms with Crippen molar-refractivity contribution in [2.45, 2.75) is 26.3 Å². The average Bonchev–Trinajstić information content (AvgIpc) is 2.68. The number of ether oxygens (including phenoxy) is 1. The van der Waals surface area contributed by atoms with Crippen LogP contribution in [0.1, 0.15) is 30.1 Å². The Bertz CT molecular complexity index is 340. The average molecular weight is 208 g/mol. The third kappa shape index (κ3) is 2.65. The molecule has 1 aromatic heterocycles. The Morgan fingerprint density at radius 3 is 3.20 bits per heavy atom. The van der Waals surface area contributed by atoms with Crippen molar-refractivity contribution in [2.75, 3.05) is 13.2 Å². The van der Waals surface area contributed by atoms with Gasteiger partial charge in [-0.25, -0.2) is 0 Å². The highest BCUT2D eigenvalue weighted by Gasteiger charge is 2.15. The zero-order chi connectivity index (χ0) is 10.7. The molecule has 0 N–H and O–H groups in total. The molecular weight excluding hydrogens is 192 g/mol. The molecule has 0 radical (unpaired) electrons. The molecule has 1 atom stereocenters. The van der Waals surface area contributed by atoms with Crippen LogP contribution in [-0.2, 0) is 11.3 Å². The first-order chi connectivity index (χ1) is 7.25. The summed E-state index contributed by atoms with van der Waals surface area (Å²) in [6, 6.07) is 0. The van der Waals surface area contributed by atoms with Gasteiger partial charge in [0.15, 0.2) is 5.78 Å². The van der Waals surface area contributed by atoms with E-state index in [0.717, 1.165) is 26.2 Å². The number of hydrogen-bond donors (Lipinski definition) is 0. The highest BCUT2D eigenvalue weighted by atomic mass is 16.5. The van der Waals surface area contributed by atoms with Crippen molar-refractivity contribution in [3.63, 3.8) is 0 Å². The lowest BCUT2D eigenvalue weighted by Gasteiger charge is -2.21. The predicted molar refractivity (Wildman–Crippen MR) is 55.8 cm³/mol. The molecule has 1 fully saturated rings. The van der Waals surface area contributed by atoms with Crippen LogP contribution in [0.3, 0.4) is 0 Å². The highest BCUT2D eigenvalue weighted by Crippen LogP contribution is 2.15. The lowest BCUT2D eigenvalue weighted by Crippen LogP contribution is -2.22. The quantitative estimate of drug-likeness (QED) is 0.707. The molecule has 15 heavy (non-hydrogen) atoms. The molecule has 0 saturated carbocycles. The maximum atomic E-state index is 11.1. The van der Waals surface area contributed by atoms with Gasteiger partial charge in [-0.2, -0.15) is 5.10 Å². The van der Waals surface area contributed by atoms with Crippen LogP contribution < -0.4 is 0 Å². The van der Waals surface area contributed by atoms with Crippen molar-refractivity contribution >= 4 is 5.78 Å². The molecule has 1 unspecified atom stereocenters. The first-order valence-corrected chi connectivity index (χ1v) is 5.37. The van der Waals surface area contributed by atoms with Gasteiger partial charge in [-0.15, -0.1) is 0 Å². The van der Waals surface area contributed by atoms with E-state index >= 15 is 0 Å². The molecule has 0 aromatic carbocycles. The van der Waals surface area contributed by atoms with E-state index in [1.807, 2.05) is 10.9 Å². The van der Waals surface area contributed by atoms with Crippen LogP contribution in [0.5, 0.6) is 0 Å². The van der Waals surface area contributed by atoms with E-state index in [1.54, 1.807) is 13.1 Å². The van der Waals surface area contributed by atoms with Gasteiger partial charge >= 0.3 is 0 Å². The summed E-state index contributed by atoms with van der Waals surface area (Å²) in [4.78, 5) is 11.1. The minimum absolute atomic E-state index is 0.0705. The molecule has 82 valence electrons. The summed E-state index contributed by atoms with van der Waals surface area (Å²) in [6.45, 7) is 4.11. The van der Waals surface area contributed by atoms with E-state index in [0.29, 0.717) is 11.5 Å². The second kappa shape index (κ2) is 4.57. The molecule has 0 spiro atoms. The Kier molecular flexibility index (Phi) is 3.16. The molecule has 4 heteroatoms. The number of rotatable bonds is 3. The Balaban J connectivity index is 1.94. The van der Waals surface area contributed by atoms with Crippen molar-refractivity contribution < 1.29 is 9.53 Å². The Labute approximate surface area is 89.2 Å². The first-order valence-electron chi connectivity index (χ1n) is 5.37. The van der Waals surface area contributed by atoms with Gasteiger partial charge in [-0.05, 0) is 19.8 Å². The fourth-order valence-electron chi connectivity index (χ4n) is 1.86. The van der Waals surface area contributed by atoms with Gasteiger partial charge in [0.05, 0.1) is 18.4 Å². The summed E-state index contributed by atoms with van der Waals surface area (Å²) in [7, 11) is 0. The highest BCUT2D eigenvalue weighted by molar-refractivity contribution is 5.93. The topological polar surface area (TPSA) is 44.1 Å². The molecule has 1 saturated heterocycles. The molecule has 1 aliphatic heterocycles. The van der Waals surface area contributed by atoms with Gasteiger partial charge in [0.1, 0.15) is 0 Å². The number of aromatic nitrogens is 2. The van der Waals surface area contributed by atoms with Gasteiger partial charge in [-0.1, -0.05) is 0 Å². The maximum absolute atomic E-state index is 11.1. The number of carbonyl (C=O) groups excluding carboxylic acids is 1. The largest absolute Gasteiger partial charge is 0.381 e. The molecule has 0 amide bonds. The van der Waals surface area contributed by atoms with Crippen LogP contribution in [0.15, 0.2) is 12.4 Å². The Morgan fingerprint density at radius 1 is 1.73 bits per heavy atom. The van der Waals surface area contributed by atoms with Crippen LogP contribution in [-0.4, -0.2) is 28.8 Å². The van der Waals surface area contributed by atoms with Crippen molar-refractivity contribution in [3.05, 3.63) is 18.0 Å². The lowest BCUT2D eigenvalue weighted by atomic mass is 10.0. The van der Waals surface area contributed by atoms with Crippen molar-refractivity contribution in [3.8, 4) is 0 Å². The lowest BCUT2D eigenvalue weighted by molar-refractivity contribution is 0.0470. The number of carbonyl (C=O) groups is 1.